The summed E-state index contributed by atoms with van der Waals surface area (Å²) in [7, 11) is 0. The Labute approximate surface area is 178 Å². The predicted molar refractivity (Wildman–Crippen MR) is 107 cm³/mol. The smallest absolute Gasteiger partial charge is 0.253 e. The summed E-state index contributed by atoms with van der Waals surface area (Å²) in [5.41, 5.74) is -2.04. The molecule has 0 N–H and O–H groups in total. The summed E-state index contributed by atoms with van der Waals surface area (Å²) >= 11 is 5.72. The first-order chi connectivity index (χ1) is 15.6. The van der Waals surface area contributed by atoms with Crippen molar-refractivity contribution < 1.29 is 21.8 Å². The number of carbonyl (C=O) groups is 1. The summed E-state index contributed by atoms with van der Waals surface area (Å²) in [5, 5.41) is -0.265. The molecule has 1 saturated heterocycles. The molecular weight excluding hydrogens is 382 g/mol. The van der Waals surface area contributed by atoms with Crippen LogP contribution in [-0.4, -0.2) is 34.5 Å². The Morgan fingerprint density at radius 3 is 2.86 bits per heavy atom. The molecular formula is C22H25ClF2N2O. The minimum atomic E-state index is -2.86. The standard InChI is InChI=1S/C22H25ClF2N2O/c1-2-16-5-7-18(26-15-16)4-3-9-22(25)10-12-27(13-11-22)21(28)17-6-8-20(24)19(23)14-17/h5-8,14-15H,2-4,9-13H2,1H3/i2D2,9D2,10D2. The molecule has 1 aromatic heterocycles. The maximum absolute atomic E-state index is 16.0. The number of rotatable bonds is 6. The molecule has 1 unspecified atom stereocenters. The molecule has 2 heterocycles. The fourth-order valence-electron chi connectivity index (χ4n) is 2.92. The van der Waals surface area contributed by atoms with Gasteiger partial charge in [-0.25, -0.2) is 8.78 Å². The average molecular weight is 413 g/mol. The van der Waals surface area contributed by atoms with E-state index in [4.69, 9.17) is 19.8 Å². The van der Waals surface area contributed by atoms with Crippen LogP contribution in [0.4, 0.5) is 8.78 Å². The molecule has 1 atom stereocenters. The third kappa shape index (κ3) is 5.07. The van der Waals surface area contributed by atoms with Gasteiger partial charge < -0.3 is 4.90 Å². The minimum absolute atomic E-state index is 0.0263. The van der Waals surface area contributed by atoms with Gasteiger partial charge in [0.15, 0.2) is 0 Å². The van der Waals surface area contributed by atoms with Gasteiger partial charge in [-0.05, 0) is 68.2 Å². The van der Waals surface area contributed by atoms with Gasteiger partial charge >= 0.3 is 0 Å². The second-order valence-electron chi connectivity index (χ2n) is 6.55. The molecule has 0 radical (unpaired) electrons. The number of halogens is 3. The molecule has 0 saturated carbocycles. The molecule has 0 aliphatic carbocycles. The highest BCUT2D eigenvalue weighted by atomic mass is 35.5. The number of amides is 1. The second kappa shape index (κ2) is 8.99. The van der Waals surface area contributed by atoms with Crippen molar-refractivity contribution in [3.05, 3.63) is 64.2 Å². The number of aryl methyl sites for hydroxylation is 2. The molecule has 1 aliphatic heterocycles. The van der Waals surface area contributed by atoms with Crippen molar-refractivity contribution in [3.63, 3.8) is 0 Å². The number of hydrogen-bond acceptors (Lipinski definition) is 2. The first-order valence-electron chi connectivity index (χ1n) is 12.0. The lowest BCUT2D eigenvalue weighted by Gasteiger charge is -2.36. The molecule has 150 valence electrons. The van der Waals surface area contributed by atoms with Crippen LogP contribution in [0.25, 0.3) is 0 Å². The fourth-order valence-corrected chi connectivity index (χ4v) is 3.10. The molecule has 1 fully saturated rings. The van der Waals surface area contributed by atoms with Gasteiger partial charge in [-0.1, -0.05) is 24.6 Å². The highest BCUT2D eigenvalue weighted by molar-refractivity contribution is 6.31. The van der Waals surface area contributed by atoms with E-state index in [9.17, 15) is 9.18 Å². The Kier molecular flexibility index (Phi) is 4.51. The molecule has 1 amide bonds. The van der Waals surface area contributed by atoms with Crippen molar-refractivity contribution in [1.29, 1.82) is 0 Å². The van der Waals surface area contributed by atoms with Gasteiger partial charge in [0.1, 0.15) is 11.5 Å². The highest BCUT2D eigenvalue weighted by Gasteiger charge is 2.35. The van der Waals surface area contributed by atoms with E-state index in [1.54, 1.807) is 6.07 Å². The lowest BCUT2D eigenvalue weighted by atomic mass is 9.87. The number of piperidine rings is 1. The number of aromatic nitrogens is 1. The van der Waals surface area contributed by atoms with Crippen molar-refractivity contribution in [1.82, 2.24) is 9.88 Å². The first-order valence-corrected chi connectivity index (χ1v) is 9.34. The van der Waals surface area contributed by atoms with Gasteiger partial charge in [-0.15, -0.1) is 0 Å². The number of nitrogens with zero attached hydrogens (tertiary/aromatic N) is 2. The maximum Gasteiger partial charge on any atom is 0.253 e. The van der Waals surface area contributed by atoms with Crippen molar-refractivity contribution in [2.45, 2.75) is 51.0 Å². The summed E-state index contributed by atoms with van der Waals surface area (Å²) < 4.78 is 78.1. The number of carbonyl (C=O) groups excluding carboxylic acids is 1. The molecule has 1 aromatic carbocycles. The summed E-state index contributed by atoms with van der Waals surface area (Å²) in [5.74, 6) is -1.35. The molecule has 0 spiro atoms. The van der Waals surface area contributed by atoms with Gasteiger partial charge in [0.2, 0.25) is 0 Å². The van der Waals surface area contributed by atoms with Crippen molar-refractivity contribution >= 4 is 17.5 Å². The second-order valence-corrected chi connectivity index (χ2v) is 6.96. The van der Waals surface area contributed by atoms with Crippen LogP contribution in [0.3, 0.4) is 0 Å². The lowest BCUT2D eigenvalue weighted by molar-refractivity contribution is 0.0389. The van der Waals surface area contributed by atoms with E-state index >= 15 is 4.39 Å². The fraction of sp³-hybridized carbons (Fsp3) is 0.455. The van der Waals surface area contributed by atoms with Crippen LogP contribution in [-0.2, 0) is 12.8 Å². The third-order valence-electron chi connectivity index (χ3n) is 4.63. The van der Waals surface area contributed by atoms with Gasteiger partial charge in [0.25, 0.3) is 5.91 Å². The average Bonchev–Trinajstić information content (AvgIpc) is 2.75. The Morgan fingerprint density at radius 2 is 2.21 bits per heavy atom. The van der Waals surface area contributed by atoms with Crippen LogP contribution in [0.2, 0.25) is 5.02 Å². The van der Waals surface area contributed by atoms with E-state index in [1.807, 2.05) is 0 Å². The van der Waals surface area contributed by atoms with Crippen molar-refractivity contribution in [3.8, 4) is 0 Å². The number of hydrogen-bond donors (Lipinski definition) is 0. The van der Waals surface area contributed by atoms with E-state index in [2.05, 4.69) is 4.98 Å². The van der Waals surface area contributed by atoms with Crippen LogP contribution < -0.4 is 0 Å². The predicted octanol–water partition coefficient (Wildman–Crippen LogP) is 5.40. The maximum atomic E-state index is 16.0. The van der Waals surface area contributed by atoms with E-state index in [0.717, 1.165) is 17.0 Å². The lowest BCUT2D eigenvalue weighted by Crippen LogP contribution is -2.44. The van der Waals surface area contributed by atoms with E-state index in [0.29, 0.717) is 11.3 Å². The van der Waals surface area contributed by atoms with E-state index in [1.165, 1.54) is 25.3 Å². The highest BCUT2D eigenvalue weighted by Crippen LogP contribution is 2.32. The Morgan fingerprint density at radius 1 is 1.39 bits per heavy atom. The third-order valence-corrected chi connectivity index (χ3v) is 4.92. The van der Waals surface area contributed by atoms with Crippen LogP contribution >= 0.6 is 11.6 Å². The summed E-state index contributed by atoms with van der Waals surface area (Å²) in [4.78, 5) is 17.9. The van der Waals surface area contributed by atoms with Gasteiger partial charge in [-0.3, -0.25) is 9.78 Å². The first kappa shape index (κ1) is 14.0. The number of benzene rings is 1. The Bertz CT molecular complexity index is 1060. The molecule has 3 nitrogen and oxygen atoms in total. The summed E-state index contributed by atoms with van der Waals surface area (Å²) in [6.45, 7) is 0.496. The topological polar surface area (TPSA) is 33.2 Å². The van der Waals surface area contributed by atoms with Crippen molar-refractivity contribution in [2.75, 3.05) is 13.1 Å². The molecule has 6 heteroatoms. The number of pyridine rings is 1. The summed E-state index contributed by atoms with van der Waals surface area (Å²) in [6, 6.07) is 6.42. The molecule has 1 aliphatic rings. The zero-order chi connectivity index (χ0) is 25.5. The van der Waals surface area contributed by atoms with Crippen LogP contribution in [0.1, 0.15) is 62.4 Å². The van der Waals surface area contributed by atoms with Gasteiger partial charge in [-0.2, -0.15) is 0 Å². The van der Waals surface area contributed by atoms with Gasteiger partial charge in [0, 0.05) is 38.8 Å². The van der Waals surface area contributed by atoms with Crippen LogP contribution in [0, 0.1) is 5.82 Å². The SMILES string of the molecule is [2H]C([2H])(C)c1ccc(CCC([2H])([2H])C2(F)CCN(C(=O)c3ccc(F)c(Cl)c3)CC2([2H])[2H])nc1. The van der Waals surface area contributed by atoms with E-state index in [-0.39, 0.29) is 30.0 Å². The molecule has 2 aromatic rings. The number of alkyl halides is 1. The zero-order valence-electron chi connectivity index (χ0n) is 21.4. The molecule has 28 heavy (non-hydrogen) atoms. The van der Waals surface area contributed by atoms with Gasteiger partial charge in [0.05, 0.1) is 5.02 Å². The zero-order valence-corrected chi connectivity index (χ0v) is 16.2. The molecule has 3 rings (SSSR count). The Hall–Kier alpha value is -2.01. The summed E-state index contributed by atoms with van der Waals surface area (Å²) in [6.07, 6.45) is -6.37. The number of likely N-dealkylation sites (tertiary alicyclic amines) is 1. The quantitative estimate of drug-likeness (QED) is 0.636. The van der Waals surface area contributed by atoms with E-state index < -0.39 is 49.5 Å². The van der Waals surface area contributed by atoms with Crippen LogP contribution in [0.15, 0.2) is 36.5 Å². The normalized spacial score (nSPS) is 25.6. The minimum Gasteiger partial charge on any atom is -0.338 e. The largest absolute Gasteiger partial charge is 0.338 e. The van der Waals surface area contributed by atoms with Crippen molar-refractivity contribution in [2.24, 2.45) is 0 Å². The Balaban J connectivity index is 1.72. The monoisotopic (exact) mass is 412 g/mol. The van der Waals surface area contributed by atoms with Crippen LogP contribution in [0.5, 0.6) is 0 Å². The molecule has 0 bridgehead atoms.